The minimum atomic E-state index is -3.66. The molecule has 142 valence electrons. The molecule has 0 fully saturated rings. The number of anilines is 3. The summed E-state index contributed by atoms with van der Waals surface area (Å²) in [6.07, 6.45) is 0.288. The molecule has 1 aromatic heterocycles. The molecule has 0 radical (unpaired) electrons. The predicted molar refractivity (Wildman–Crippen MR) is 112 cm³/mol. The summed E-state index contributed by atoms with van der Waals surface area (Å²) < 4.78 is 43.0. The molecule has 2 aromatic rings. The van der Waals surface area contributed by atoms with Gasteiger partial charge in [-0.15, -0.1) is 11.6 Å². The maximum absolute atomic E-state index is 14.2. The molecular weight excluding hydrogens is 496 g/mol. The number of hydrogen-bond donors (Lipinski definition) is 2. The van der Waals surface area contributed by atoms with Crippen LogP contribution < -0.4 is 15.6 Å². The van der Waals surface area contributed by atoms with Crippen LogP contribution in [-0.2, 0) is 17.1 Å². The molecule has 0 aliphatic carbocycles. The lowest BCUT2D eigenvalue weighted by Crippen LogP contribution is -2.25. The zero-order valence-electron chi connectivity index (χ0n) is 14.1. The number of nitrogens with one attached hydrogen (secondary N) is 2. The lowest BCUT2D eigenvalue weighted by atomic mass is 10.2. The number of alkyl halides is 1. The Labute approximate surface area is 169 Å². The van der Waals surface area contributed by atoms with Crippen LogP contribution in [0, 0.1) is 16.3 Å². The third-order valence-electron chi connectivity index (χ3n) is 3.59. The minimum absolute atomic E-state index is 0.130. The van der Waals surface area contributed by atoms with Crippen molar-refractivity contribution in [2.24, 2.45) is 7.05 Å². The fourth-order valence-electron chi connectivity index (χ4n) is 2.30. The van der Waals surface area contributed by atoms with Gasteiger partial charge in [0.05, 0.1) is 17.1 Å². The highest BCUT2D eigenvalue weighted by Gasteiger charge is 2.18. The van der Waals surface area contributed by atoms with Crippen LogP contribution in [0.4, 0.5) is 21.6 Å². The zero-order valence-corrected chi connectivity index (χ0v) is 17.9. The molecule has 2 N–H and O–H groups in total. The van der Waals surface area contributed by atoms with Crippen molar-refractivity contribution in [1.82, 2.24) is 4.57 Å². The second-order valence-corrected chi connectivity index (χ2v) is 9.13. The van der Waals surface area contributed by atoms with Crippen molar-refractivity contribution in [2.75, 3.05) is 21.7 Å². The number of pyridine rings is 1. The highest BCUT2D eigenvalue weighted by molar-refractivity contribution is 14.1. The monoisotopic (exact) mass is 513 g/mol. The summed E-state index contributed by atoms with van der Waals surface area (Å²) in [4.78, 5) is 12.2. The van der Waals surface area contributed by atoms with Gasteiger partial charge in [0.2, 0.25) is 10.0 Å². The summed E-state index contributed by atoms with van der Waals surface area (Å²) in [5.41, 5.74) is 0.334. The molecule has 0 atom stereocenters. The van der Waals surface area contributed by atoms with Crippen molar-refractivity contribution in [3.63, 3.8) is 0 Å². The topological polar surface area (TPSA) is 80.2 Å². The van der Waals surface area contributed by atoms with Crippen molar-refractivity contribution in [2.45, 2.75) is 13.3 Å². The molecule has 0 bridgehead atoms. The third-order valence-corrected chi connectivity index (χ3v) is 5.89. The fourth-order valence-corrected chi connectivity index (χ4v) is 4.17. The van der Waals surface area contributed by atoms with Crippen molar-refractivity contribution in [3.8, 4) is 0 Å². The molecule has 0 unspecified atom stereocenters. The number of sulfonamides is 1. The van der Waals surface area contributed by atoms with Crippen LogP contribution in [0.15, 0.2) is 29.1 Å². The van der Waals surface area contributed by atoms with Crippen molar-refractivity contribution in [1.29, 1.82) is 0 Å². The number of aryl methyl sites for hydroxylation is 1. The molecule has 6 nitrogen and oxygen atoms in total. The summed E-state index contributed by atoms with van der Waals surface area (Å²) in [6.45, 7) is 1.58. The summed E-state index contributed by atoms with van der Waals surface area (Å²) >= 11 is 7.54. The van der Waals surface area contributed by atoms with Gasteiger partial charge in [-0.05, 0) is 60.2 Å². The SMILES string of the molecule is Cc1cc(NS(=O)(=O)CCCCl)c(Nc2ccc(I)cc2F)n(C)c1=O. The molecular formula is C16H18ClFIN3O3S. The van der Waals surface area contributed by atoms with E-state index in [9.17, 15) is 17.6 Å². The first-order chi connectivity index (χ1) is 12.1. The largest absolute Gasteiger partial charge is 0.337 e. The van der Waals surface area contributed by atoms with E-state index in [-0.39, 0.29) is 40.8 Å². The molecule has 2 rings (SSSR count). The van der Waals surface area contributed by atoms with Gasteiger partial charge in [-0.3, -0.25) is 14.1 Å². The molecule has 0 amide bonds. The van der Waals surface area contributed by atoms with Crippen LogP contribution in [0.25, 0.3) is 0 Å². The standard InChI is InChI=1S/C16H18ClFIN3O3S/c1-10-8-14(21-26(24,25)7-3-6-17)15(22(2)16(10)23)20-13-5-4-11(19)9-12(13)18/h4-5,8-9,20-21H,3,6-7H2,1-2H3. The van der Waals surface area contributed by atoms with E-state index in [1.54, 1.807) is 13.0 Å². The average Bonchev–Trinajstić information content (AvgIpc) is 2.56. The van der Waals surface area contributed by atoms with Gasteiger partial charge in [-0.2, -0.15) is 0 Å². The van der Waals surface area contributed by atoms with E-state index < -0.39 is 15.8 Å². The number of rotatable bonds is 7. The first-order valence-corrected chi connectivity index (χ1v) is 10.9. The minimum Gasteiger partial charge on any atom is -0.337 e. The van der Waals surface area contributed by atoms with Gasteiger partial charge in [-0.1, -0.05) is 0 Å². The third kappa shape index (κ3) is 5.10. The average molecular weight is 514 g/mol. The lowest BCUT2D eigenvalue weighted by Gasteiger charge is -2.18. The molecule has 10 heteroatoms. The van der Waals surface area contributed by atoms with Gasteiger partial charge < -0.3 is 5.32 Å². The molecule has 0 spiro atoms. The first kappa shape index (κ1) is 21.0. The number of aromatic nitrogens is 1. The Morgan fingerprint density at radius 1 is 1.27 bits per heavy atom. The highest BCUT2D eigenvalue weighted by Crippen LogP contribution is 2.28. The van der Waals surface area contributed by atoms with Gasteiger partial charge in [0.1, 0.15) is 11.6 Å². The van der Waals surface area contributed by atoms with E-state index in [2.05, 4.69) is 10.0 Å². The van der Waals surface area contributed by atoms with E-state index in [4.69, 9.17) is 11.6 Å². The lowest BCUT2D eigenvalue weighted by molar-refractivity contribution is 0.600. The zero-order chi connectivity index (χ0) is 19.5. The molecule has 0 aliphatic heterocycles. The number of nitrogens with zero attached hydrogens (tertiary/aromatic N) is 1. The molecule has 1 aromatic carbocycles. The van der Waals surface area contributed by atoms with Gasteiger partial charge in [0.15, 0.2) is 0 Å². The van der Waals surface area contributed by atoms with Crippen LogP contribution in [0.3, 0.4) is 0 Å². The second-order valence-electron chi connectivity index (χ2n) is 5.67. The van der Waals surface area contributed by atoms with Crippen molar-refractivity contribution >= 4 is 61.4 Å². The van der Waals surface area contributed by atoms with Gasteiger partial charge in [0, 0.05) is 22.1 Å². The molecule has 0 saturated heterocycles. The molecule has 0 aliphatic rings. The Kier molecular flexibility index (Phi) is 6.92. The van der Waals surface area contributed by atoms with Gasteiger partial charge in [-0.25, -0.2) is 12.8 Å². The number of benzene rings is 1. The number of halogens is 3. The van der Waals surface area contributed by atoms with E-state index >= 15 is 0 Å². The van der Waals surface area contributed by atoms with E-state index in [1.807, 2.05) is 22.6 Å². The maximum Gasteiger partial charge on any atom is 0.254 e. The Hall–Kier alpha value is -1.33. The summed E-state index contributed by atoms with van der Waals surface area (Å²) in [5.74, 6) is -0.307. The second kappa shape index (κ2) is 8.57. The van der Waals surface area contributed by atoms with Crippen LogP contribution in [0.5, 0.6) is 0 Å². The van der Waals surface area contributed by atoms with E-state index in [0.717, 1.165) is 0 Å². The van der Waals surface area contributed by atoms with Crippen LogP contribution in [0.1, 0.15) is 12.0 Å². The first-order valence-electron chi connectivity index (χ1n) is 7.64. The van der Waals surface area contributed by atoms with Crippen LogP contribution in [0.2, 0.25) is 0 Å². The summed E-state index contributed by atoms with van der Waals surface area (Å²) in [7, 11) is -2.17. The van der Waals surface area contributed by atoms with E-state index in [1.165, 1.54) is 29.8 Å². The summed E-state index contributed by atoms with van der Waals surface area (Å²) in [5, 5.41) is 2.81. The molecule has 0 saturated carbocycles. The van der Waals surface area contributed by atoms with Crippen molar-refractivity contribution in [3.05, 3.63) is 49.6 Å². The van der Waals surface area contributed by atoms with Crippen LogP contribution in [-0.4, -0.2) is 24.6 Å². The molecule has 26 heavy (non-hydrogen) atoms. The van der Waals surface area contributed by atoms with Crippen LogP contribution >= 0.6 is 34.2 Å². The Morgan fingerprint density at radius 2 is 1.96 bits per heavy atom. The highest BCUT2D eigenvalue weighted by atomic mass is 127. The Bertz CT molecular complexity index is 979. The fraction of sp³-hybridized carbons (Fsp3) is 0.312. The smallest absolute Gasteiger partial charge is 0.254 e. The van der Waals surface area contributed by atoms with Gasteiger partial charge in [0.25, 0.3) is 5.56 Å². The Morgan fingerprint density at radius 3 is 2.58 bits per heavy atom. The Balaban J connectivity index is 2.50. The van der Waals surface area contributed by atoms with Gasteiger partial charge >= 0.3 is 0 Å². The predicted octanol–water partition coefficient (Wildman–Crippen LogP) is 3.55. The van der Waals surface area contributed by atoms with E-state index in [0.29, 0.717) is 9.13 Å². The maximum atomic E-state index is 14.2. The van der Waals surface area contributed by atoms with Crippen molar-refractivity contribution < 1.29 is 12.8 Å². The summed E-state index contributed by atoms with van der Waals surface area (Å²) in [6, 6.07) is 5.98. The normalized spacial score (nSPS) is 11.4. The number of hydrogen-bond acceptors (Lipinski definition) is 4. The molecule has 1 heterocycles. The quantitative estimate of drug-likeness (QED) is 0.438.